The number of rotatable bonds is 6. The molecule has 1 aromatic heterocycles. The summed E-state index contributed by atoms with van der Waals surface area (Å²) in [6.45, 7) is 2.78. The molecule has 1 amide bonds. The summed E-state index contributed by atoms with van der Waals surface area (Å²) >= 11 is 1.73. The summed E-state index contributed by atoms with van der Waals surface area (Å²) in [7, 11) is 1.85. The third kappa shape index (κ3) is 4.33. The average molecular weight is 240 g/mol. The highest BCUT2D eigenvalue weighted by atomic mass is 32.1. The van der Waals surface area contributed by atoms with E-state index >= 15 is 0 Å². The van der Waals surface area contributed by atoms with E-state index in [1.807, 2.05) is 20.0 Å². The molecule has 1 heterocycles. The highest BCUT2D eigenvalue weighted by molar-refractivity contribution is 7.09. The quantitative estimate of drug-likeness (QED) is 0.825. The van der Waals surface area contributed by atoms with Crippen molar-refractivity contribution < 1.29 is 4.79 Å². The molecule has 0 bridgehead atoms. The van der Waals surface area contributed by atoms with Crippen LogP contribution in [0.5, 0.6) is 0 Å². The molecule has 0 aromatic carbocycles. The second-order valence-electron chi connectivity index (χ2n) is 4.02. The molecule has 0 aliphatic rings. The van der Waals surface area contributed by atoms with Crippen molar-refractivity contribution in [3.05, 3.63) is 22.4 Å². The van der Waals surface area contributed by atoms with Gasteiger partial charge in [0.15, 0.2) is 0 Å². The van der Waals surface area contributed by atoms with Crippen molar-refractivity contribution in [1.29, 1.82) is 0 Å². The van der Waals surface area contributed by atoms with E-state index in [9.17, 15) is 4.79 Å². The van der Waals surface area contributed by atoms with E-state index in [1.165, 1.54) is 4.88 Å². The van der Waals surface area contributed by atoms with E-state index in [4.69, 9.17) is 5.73 Å². The number of nitrogens with zero attached hydrogens (tertiary/aromatic N) is 1. The van der Waals surface area contributed by atoms with Gasteiger partial charge in [0, 0.05) is 30.9 Å². The molecule has 0 radical (unpaired) electrons. The SMILES string of the molecule is CCC(N)CC(=O)N(C)CCc1cccs1. The molecule has 1 rings (SSSR count). The molecule has 0 aliphatic heterocycles. The Bertz CT molecular complexity index is 311. The summed E-state index contributed by atoms with van der Waals surface area (Å²) < 4.78 is 0. The number of amides is 1. The molecule has 90 valence electrons. The highest BCUT2D eigenvalue weighted by Crippen LogP contribution is 2.09. The van der Waals surface area contributed by atoms with Crippen LogP contribution < -0.4 is 5.73 Å². The van der Waals surface area contributed by atoms with Crippen molar-refractivity contribution in [3.8, 4) is 0 Å². The van der Waals surface area contributed by atoms with Gasteiger partial charge in [0.25, 0.3) is 0 Å². The molecule has 0 aliphatic carbocycles. The van der Waals surface area contributed by atoms with Gasteiger partial charge in [0.1, 0.15) is 0 Å². The molecular weight excluding hydrogens is 220 g/mol. The smallest absolute Gasteiger partial charge is 0.223 e. The first-order chi connectivity index (χ1) is 7.63. The van der Waals surface area contributed by atoms with Crippen LogP contribution >= 0.6 is 11.3 Å². The van der Waals surface area contributed by atoms with E-state index in [0.29, 0.717) is 6.42 Å². The standard InChI is InChI=1S/C12H20N2OS/c1-3-10(13)9-12(15)14(2)7-6-11-5-4-8-16-11/h4-5,8,10H,3,6-7,9,13H2,1-2H3. The lowest BCUT2D eigenvalue weighted by atomic mass is 10.1. The molecule has 1 unspecified atom stereocenters. The number of carbonyl (C=O) groups is 1. The topological polar surface area (TPSA) is 46.3 Å². The molecule has 2 N–H and O–H groups in total. The molecule has 1 atom stereocenters. The predicted molar refractivity (Wildman–Crippen MR) is 68.5 cm³/mol. The number of nitrogens with two attached hydrogens (primary N) is 1. The Morgan fingerprint density at radius 2 is 2.38 bits per heavy atom. The van der Waals surface area contributed by atoms with Gasteiger partial charge in [0.05, 0.1) is 0 Å². The zero-order valence-electron chi connectivity index (χ0n) is 9.98. The lowest BCUT2D eigenvalue weighted by Crippen LogP contribution is -2.34. The average Bonchev–Trinajstić information content (AvgIpc) is 2.78. The van der Waals surface area contributed by atoms with E-state index in [0.717, 1.165) is 19.4 Å². The van der Waals surface area contributed by atoms with Gasteiger partial charge in [-0.2, -0.15) is 0 Å². The first kappa shape index (κ1) is 13.2. The summed E-state index contributed by atoms with van der Waals surface area (Å²) in [5.41, 5.74) is 5.76. The number of hydrogen-bond acceptors (Lipinski definition) is 3. The normalized spacial score (nSPS) is 12.4. The van der Waals surface area contributed by atoms with Crippen LogP contribution in [0.15, 0.2) is 17.5 Å². The third-order valence-corrected chi connectivity index (χ3v) is 3.60. The zero-order chi connectivity index (χ0) is 12.0. The Morgan fingerprint density at radius 3 is 2.94 bits per heavy atom. The summed E-state index contributed by atoms with van der Waals surface area (Å²) in [6.07, 6.45) is 2.24. The van der Waals surface area contributed by atoms with Gasteiger partial charge in [-0.05, 0) is 24.3 Å². The van der Waals surface area contributed by atoms with Crippen LogP contribution in [-0.2, 0) is 11.2 Å². The number of carbonyl (C=O) groups excluding carboxylic acids is 1. The minimum absolute atomic E-state index is 0.00307. The Labute approximate surface area is 101 Å². The van der Waals surface area contributed by atoms with Gasteiger partial charge < -0.3 is 10.6 Å². The molecule has 3 nitrogen and oxygen atoms in total. The van der Waals surface area contributed by atoms with E-state index in [2.05, 4.69) is 11.4 Å². The summed E-state index contributed by atoms with van der Waals surface area (Å²) in [5.74, 6) is 0.144. The lowest BCUT2D eigenvalue weighted by Gasteiger charge is -2.18. The van der Waals surface area contributed by atoms with Crippen LogP contribution in [0.4, 0.5) is 0 Å². The van der Waals surface area contributed by atoms with Crippen LogP contribution in [0.1, 0.15) is 24.6 Å². The molecule has 0 saturated carbocycles. The van der Waals surface area contributed by atoms with Gasteiger partial charge in [-0.3, -0.25) is 4.79 Å². The van der Waals surface area contributed by atoms with Crippen LogP contribution in [-0.4, -0.2) is 30.4 Å². The Hall–Kier alpha value is -0.870. The fourth-order valence-electron chi connectivity index (χ4n) is 1.38. The second-order valence-corrected chi connectivity index (χ2v) is 5.05. The van der Waals surface area contributed by atoms with Crippen LogP contribution in [0.2, 0.25) is 0 Å². The predicted octanol–water partition coefficient (Wildman–Crippen LogP) is 1.88. The summed E-state index contributed by atoms with van der Waals surface area (Å²) in [5, 5.41) is 2.06. The van der Waals surface area contributed by atoms with E-state index < -0.39 is 0 Å². The second kappa shape index (κ2) is 6.66. The third-order valence-electron chi connectivity index (χ3n) is 2.66. The van der Waals surface area contributed by atoms with Crippen molar-refractivity contribution in [2.45, 2.75) is 32.2 Å². The van der Waals surface area contributed by atoms with Gasteiger partial charge in [-0.25, -0.2) is 0 Å². The lowest BCUT2D eigenvalue weighted by molar-refractivity contribution is -0.130. The molecule has 1 aromatic rings. The van der Waals surface area contributed by atoms with E-state index in [-0.39, 0.29) is 11.9 Å². The van der Waals surface area contributed by atoms with E-state index in [1.54, 1.807) is 16.2 Å². The van der Waals surface area contributed by atoms with Gasteiger partial charge in [-0.15, -0.1) is 11.3 Å². The molecule has 16 heavy (non-hydrogen) atoms. The molecule has 0 spiro atoms. The van der Waals surface area contributed by atoms with Crippen LogP contribution in [0.25, 0.3) is 0 Å². The van der Waals surface area contributed by atoms with Crippen LogP contribution in [0, 0.1) is 0 Å². The monoisotopic (exact) mass is 240 g/mol. The molecule has 0 saturated heterocycles. The van der Waals surface area contributed by atoms with Crippen molar-refractivity contribution in [2.24, 2.45) is 5.73 Å². The van der Waals surface area contributed by atoms with Crippen molar-refractivity contribution >= 4 is 17.2 Å². The van der Waals surface area contributed by atoms with Crippen molar-refractivity contribution in [1.82, 2.24) is 4.90 Å². The number of hydrogen-bond donors (Lipinski definition) is 1. The number of thiophene rings is 1. The largest absolute Gasteiger partial charge is 0.345 e. The van der Waals surface area contributed by atoms with Crippen LogP contribution in [0.3, 0.4) is 0 Å². The molecular formula is C12H20N2OS. The minimum Gasteiger partial charge on any atom is -0.345 e. The maximum Gasteiger partial charge on any atom is 0.223 e. The first-order valence-electron chi connectivity index (χ1n) is 5.65. The molecule has 0 fully saturated rings. The fraction of sp³-hybridized carbons (Fsp3) is 0.583. The van der Waals surface area contributed by atoms with Gasteiger partial charge in [-0.1, -0.05) is 13.0 Å². The Kier molecular flexibility index (Phi) is 5.49. The summed E-state index contributed by atoms with van der Waals surface area (Å²) in [4.78, 5) is 14.8. The van der Waals surface area contributed by atoms with Crippen molar-refractivity contribution in [3.63, 3.8) is 0 Å². The fourth-order valence-corrected chi connectivity index (χ4v) is 2.08. The highest BCUT2D eigenvalue weighted by Gasteiger charge is 2.12. The summed E-state index contributed by atoms with van der Waals surface area (Å²) in [6, 6.07) is 4.13. The maximum atomic E-state index is 11.7. The van der Waals surface area contributed by atoms with Crippen molar-refractivity contribution in [2.75, 3.05) is 13.6 Å². The number of likely N-dealkylation sites (N-methyl/N-ethyl adjacent to an activating group) is 1. The minimum atomic E-state index is -0.00307. The Balaban J connectivity index is 2.29. The first-order valence-corrected chi connectivity index (χ1v) is 6.53. The Morgan fingerprint density at radius 1 is 1.62 bits per heavy atom. The van der Waals surface area contributed by atoms with Gasteiger partial charge in [0.2, 0.25) is 5.91 Å². The maximum absolute atomic E-state index is 11.7. The zero-order valence-corrected chi connectivity index (χ0v) is 10.8. The van der Waals surface area contributed by atoms with Gasteiger partial charge >= 0.3 is 0 Å². The molecule has 4 heteroatoms.